The van der Waals surface area contributed by atoms with Gasteiger partial charge in [0.25, 0.3) is 5.92 Å². The van der Waals surface area contributed by atoms with Crippen molar-refractivity contribution in [2.75, 3.05) is 0 Å². The molecule has 1 heterocycles. The molecule has 3 rings (SSSR count). The van der Waals surface area contributed by atoms with E-state index in [9.17, 15) is 18.0 Å². The number of nitrogens with zero attached hydrogens (tertiary/aromatic N) is 2. The first-order valence-corrected chi connectivity index (χ1v) is 6.30. The van der Waals surface area contributed by atoms with Crippen molar-refractivity contribution in [3.05, 3.63) is 41.8 Å². The maximum atomic E-state index is 13.2. The molecule has 0 spiro atoms. The lowest BCUT2D eigenvalue weighted by Crippen LogP contribution is -2.04. The van der Waals surface area contributed by atoms with E-state index in [2.05, 4.69) is 5.10 Å². The summed E-state index contributed by atoms with van der Waals surface area (Å²) in [6.45, 7) is 0. The normalized spacial score (nSPS) is 19.5. The average molecular weight is 296 g/mol. The molecule has 1 aromatic heterocycles. The fourth-order valence-electron chi connectivity index (χ4n) is 2.26. The van der Waals surface area contributed by atoms with E-state index >= 15 is 0 Å². The lowest BCUT2D eigenvalue weighted by atomic mass is 10.0. The maximum Gasteiger partial charge on any atom is 0.307 e. The molecule has 1 atom stereocenters. The molecule has 7 heteroatoms. The molecule has 1 aliphatic rings. The van der Waals surface area contributed by atoms with Gasteiger partial charge in [0, 0.05) is 18.2 Å². The molecule has 4 nitrogen and oxygen atoms in total. The molecule has 1 aromatic carbocycles. The summed E-state index contributed by atoms with van der Waals surface area (Å²) in [5.41, 5.74) is 1.05. The third kappa shape index (κ3) is 2.63. The summed E-state index contributed by atoms with van der Waals surface area (Å²) in [6, 6.07) is 4.28. The first kappa shape index (κ1) is 13.7. The Bertz CT molecular complexity index is 712. The van der Waals surface area contributed by atoms with Crippen molar-refractivity contribution in [3.63, 3.8) is 0 Å². The molecule has 0 radical (unpaired) electrons. The summed E-state index contributed by atoms with van der Waals surface area (Å²) in [5, 5.41) is 12.9. The first-order chi connectivity index (χ1) is 9.87. The van der Waals surface area contributed by atoms with Crippen LogP contribution in [-0.2, 0) is 11.2 Å². The van der Waals surface area contributed by atoms with Crippen LogP contribution in [-0.4, -0.2) is 26.8 Å². The third-order valence-electron chi connectivity index (χ3n) is 3.41. The predicted octanol–water partition coefficient (Wildman–Crippen LogP) is 2.90. The van der Waals surface area contributed by atoms with Gasteiger partial charge in [-0.05, 0) is 29.8 Å². The fourth-order valence-corrected chi connectivity index (χ4v) is 2.26. The second-order valence-corrected chi connectivity index (χ2v) is 5.03. The summed E-state index contributed by atoms with van der Waals surface area (Å²) in [5.74, 6) is -4.39. The number of carbonyl (C=O) groups is 1. The molecular weight excluding hydrogens is 285 g/mol. The summed E-state index contributed by atoms with van der Waals surface area (Å²) in [7, 11) is 0. The second kappa shape index (κ2) is 4.61. The third-order valence-corrected chi connectivity index (χ3v) is 3.41. The lowest BCUT2D eigenvalue weighted by Gasteiger charge is -2.05. The van der Waals surface area contributed by atoms with Crippen LogP contribution in [0.25, 0.3) is 11.3 Å². The minimum Gasteiger partial charge on any atom is -0.481 e. The molecule has 1 saturated carbocycles. The number of hydrogen-bond acceptors (Lipinski definition) is 2. The van der Waals surface area contributed by atoms with E-state index in [0.717, 1.165) is 6.07 Å². The van der Waals surface area contributed by atoms with Crippen molar-refractivity contribution in [1.82, 2.24) is 9.78 Å². The lowest BCUT2D eigenvalue weighted by molar-refractivity contribution is -0.136. The van der Waals surface area contributed by atoms with Gasteiger partial charge in [0.2, 0.25) is 0 Å². The zero-order valence-corrected chi connectivity index (χ0v) is 10.8. The maximum absolute atomic E-state index is 13.2. The Morgan fingerprint density at radius 2 is 2.14 bits per heavy atom. The van der Waals surface area contributed by atoms with Crippen LogP contribution >= 0.6 is 0 Å². The molecule has 0 saturated heterocycles. The Labute approximate surface area is 117 Å². The number of rotatable bonds is 4. The highest BCUT2D eigenvalue weighted by Gasteiger charge is 2.59. The molecule has 21 heavy (non-hydrogen) atoms. The second-order valence-electron chi connectivity index (χ2n) is 5.03. The smallest absolute Gasteiger partial charge is 0.307 e. The highest BCUT2D eigenvalue weighted by Crippen LogP contribution is 2.52. The molecule has 1 unspecified atom stereocenters. The number of aliphatic carboxylic acids is 1. The molecular formula is C14H11F3N2O2. The van der Waals surface area contributed by atoms with Gasteiger partial charge in [0.05, 0.1) is 12.1 Å². The summed E-state index contributed by atoms with van der Waals surface area (Å²) in [6.07, 6.45) is 0.813. The highest BCUT2D eigenvalue weighted by molar-refractivity contribution is 5.75. The number of carboxylic acids is 1. The van der Waals surface area contributed by atoms with Gasteiger partial charge in [-0.25, -0.2) is 13.2 Å². The van der Waals surface area contributed by atoms with Crippen molar-refractivity contribution in [1.29, 1.82) is 0 Å². The van der Waals surface area contributed by atoms with Crippen molar-refractivity contribution in [2.45, 2.75) is 24.8 Å². The number of carboxylic acid groups (broad SMARTS) is 1. The average Bonchev–Trinajstić information content (AvgIpc) is 2.83. The molecule has 0 aliphatic heterocycles. The van der Waals surface area contributed by atoms with Crippen LogP contribution in [0.2, 0.25) is 0 Å². The van der Waals surface area contributed by atoms with Crippen molar-refractivity contribution >= 4 is 5.97 Å². The van der Waals surface area contributed by atoms with Crippen molar-refractivity contribution < 1.29 is 23.1 Å². The van der Waals surface area contributed by atoms with E-state index in [1.54, 1.807) is 0 Å². The highest BCUT2D eigenvalue weighted by atomic mass is 19.3. The van der Waals surface area contributed by atoms with E-state index in [4.69, 9.17) is 5.11 Å². The Morgan fingerprint density at radius 3 is 2.76 bits per heavy atom. The number of halogens is 3. The fraction of sp³-hybridized carbons (Fsp3) is 0.286. The topological polar surface area (TPSA) is 55.1 Å². The number of benzene rings is 1. The summed E-state index contributed by atoms with van der Waals surface area (Å²) < 4.78 is 40.4. The molecule has 1 fully saturated rings. The van der Waals surface area contributed by atoms with Gasteiger partial charge in [-0.15, -0.1) is 0 Å². The van der Waals surface area contributed by atoms with Crippen LogP contribution in [0.1, 0.15) is 18.0 Å². The van der Waals surface area contributed by atoms with Crippen LogP contribution in [0.15, 0.2) is 30.5 Å². The Balaban J connectivity index is 1.95. The molecule has 0 bridgehead atoms. The van der Waals surface area contributed by atoms with E-state index in [0.29, 0.717) is 11.3 Å². The van der Waals surface area contributed by atoms with Gasteiger partial charge >= 0.3 is 5.97 Å². The SMILES string of the molecule is O=C(O)Cc1cc(F)ccc1-c1ccn(C2CC2(F)F)n1. The minimum atomic E-state index is -2.74. The van der Waals surface area contributed by atoms with Crippen molar-refractivity contribution in [3.8, 4) is 11.3 Å². The summed E-state index contributed by atoms with van der Waals surface area (Å²) >= 11 is 0. The van der Waals surface area contributed by atoms with Gasteiger partial charge < -0.3 is 5.11 Å². The minimum absolute atomic E-state index is 0.250. The van der Waals surface area contributed by atoms with Gasteiger partial charge in [0.15, 0.2) is 0 Å². The largest absolute Gasteiger partial charge is 0.481 e. The molecule has 1 aliphatic carbocycles. The zero-order chi connectivity index (χ0) is 15.2. The number of aromatic nitrogens is 2. The van der Waals surface area contributed by atoms with Gasteiger partial charge in [-0.1, -0.05) is 0 Å². The van der Waals surface area contributed by atoms with Crippen molar-refractivity contribution in [2.24, 2.45) is 0 Å². The van der Waals surface area contributed by atoms with E-state index < -0.39 is 23.8 Å². The Kier molecular flexibility index (Phi) is 3.00. The summed E-state index contributed by atoms with van der Waals surface area (Å²) in [4.78, 5) is 10.8. The van der Waals surface area contributed by atoms with E-state index in [1.165, 1.54) is 29.1 Å². The number of alkyl halides is 2. The molecule has 1 N–H and O–H groups in total. The Hall–Kier alpha value is -2.31. The molecule has 2 aromatic rings. The quantitative estimate of drug-likeness (QED) is 0.944. The van der Waals surface area contributed by atoms with E-state index in [1.807, 2.05) is 0 Å². The molecule has 110 valence electrons. The zero-order valence-electron chi connectivity index (χ0n) is 10.8. The standard InChI is InChI=1S/C14H11F3N2O2/c15-9-1-2-10(8(5-9)6-13(20)21)11-3-4-19(18-11)12-7-14(12,16)17/h1-5,12H,6-7H2,(H,20,21). The Morgan fingerprint density at radius 1 is 1.43 bits per heavy atom. The van der Waals surface area contributed by atoms with Crippen LogP contribution < -0.4 is 0 Å². The van der Waals surface area contributed by atoms with Crippen LogP contribution in [0, 0.1) is 5.82 Å². The monoisotopic (exact) mass is 296 g/mol. The first-order valence-electron chi connectivity index (χ1n) is 6.30. The van der Waals surface area contributed by atoms with Crippen LogP contribution in [0.3, 0.4) is 0 Å². The number of hydrogen-bond donors (Lipinski definition) is 1. The van der Waals surface area contributed by atoms with E-state index in [-0.39, 0.29) is 18.4 Å². The van der Waals surface area contributed by atoms with Gasteiger partial charge in [-0.2, -0.15) is 5.10 Å². The van der Waals surface area contributed by atoms with Crippen LogP contribution in [0.5, 0.6) is 0 Å². The predicted molar refractivity (Wildman–Crippen MR) is 67.6 cm³/mol. The van der Waals surface area contributed by atoms with Gasteiger partial charge in [0.1, 0.15) is 11.9 Å². The molecule has 0 amide bonds. The van der Waals surface area contributed by atoms with Crippen LogP contribution in [0.4, 0.5) is 13.2 Å². The van der Waals surface area contributed by atoms with Gasteiger partial charge in [-0.3, -0.25) is 9.48 Å².